The van der Waals surface area contributed by atoms with Gasteiger partial charge in [0.15, 0.2) is 11.5 Å². The van der Waals surface area contributed by atoms with Gasteiger partial charge in [0.1, 0.15) is 19.2 Å². The topological polar surface area (TPSA) is 35.1 Å². The molecule has 0 fully saturated rings. The van der Waals surface area contributed by atoms with E-state index < -0.39 is 0 Å². The van der Waals surface area contributed by atoms with Crippen LogP contribution in [0, 0.1) is 0 Å². The van der Waals surface area contributed by atoms with Gasteiger partial charge in [-0.25, -0.2) is 0 Å². The van der Waals surface area contributed by atoms with Crippen molar-refractivity contribution in [3.05, 3.63) is 95.6 Å². The third-order valence-electron chi connectivity index (χ3n) is 4.52. The van der Waals surface area contributed by atoms with Crippen LogP contribution >= 0.6 is 0 Å². The second-order valence-electron chi connectivity index (χ2n) is 6.36. The van der Waals surface area contributed by atoms with Crippen molar-refractivity contribution < 1.29 is 14.8 Å². The summed E-state index contributed by atoms with van der Waals surface area (Å²) in [6, 6.07) is 27.2. The quantitative estimate of drug-likeness (QED) is 0.665. The highest BCUT2D eigenvalue weighted by atomic mass is 16.5. The molecule has 0 aliphatic rings. The van der Waals surface area contributed by atoms with Gasteiger partial charge in [0.2, 0.25) is 0 Å². The average Bonchev–Trinajstić information content (AvgIpc) is 2.72. The average molecular weight is 348 g/mol. The van der Waals surface area contributed by atoms with Gasteiger partial charge in [-0.3, -0.25) is 0 Å². The van der Waals surface area contributed by atoms with Crippen LogP contribution in [0.2, 0.25) is 0 Å². The number of rotatable bonds is 8. The summed E-state index contributed by atoms with van der Waals surface area (Å²) in [5, 5.41) is 2.32. The van der Waals surface area contributed by atoms with Crippen molar-refractivity contribution in [2.75, 3.05) is 7.11 Å². The lowest BCUT2D eigenvalue weighted by Gasteiger charge is -2.16. The lowest BCUT2D eigenvalue weighted by Crippen LogP contribution is -2.83. The fourth-order valence-electron chi connectivity index (χ4n) is 2.97. The van der Waals surface area contributed by atoms with E-state index in [0.29, 0.717) is 12.6 Å². The van der Waals surface area contributed by atoms with E-state index in [1.165, 1.54) is 5.56 Å². The van der Waals surface area contributed by atoms with Gasteiger partial charge in [-0.2, -0.15) is 0 Å². The highest BCUT2D eigenvalue weighted by Crippen LogP contribution is 2.31. The zero-order valence-electron chi connectivity index (χ0n) is 15.4. The Bertz CT molecular complexity index is 803. The van der Waals surface area contributed by atoms with Crippen LogP contribution in [0.5, 0.6) is 11.5 Å². The van der Waals surface area contributed by atoms with E-state index in [4.69, 9.17) is 9.47 Å². The van der Waals surface area contributed by atoms with Crippen LogP contribution in [-0.4, -0.2) is 7.11 Å². The molecule has 3 aromatic rings. The lowest BCUT2D eigenvalue weighted by atomic mass is 10.1. The van der Waals surface area contributed by atoms with Crippen molar-refractivity contribution in [3.63, 3.8) is 0 Å². The predicted octanol–water partition coefficient (Wildman–Crippen LogP) is 4.10. The van der Waals surface area contributed by atoms with Crippen molar-refractivity contribution in [2.45, 2.75) is 26.1 Å². The Labute approximate surface area is 155 Å². The third-order valence-corrected chi connectivity index (χ3v) is 4.52. The summed E-state index contributed by atoms with van der Waals surface area (Å²) in [5.74, 6) is 1.61. The maximum Gasteiger partial charge on any atom is 0.170 e. The number of para-hydroxylation sites is 1. The molecule has 0 unspecified atom stereocenters. The molecule has 3 heteroatoms. The van der Waals surface area contributed by atoms with E-state index in [-0.39, 0.29) is 0 Å². The second kappa shape index (κ2) is 9.07. The zero-order chi connectivity index (χ0) is 18.2. The number of nitrogens with two attached hydrogens (primary N) is 1. The highest BCUT2D eigenvalue weighted by molar-refractivity contribution is 5.46. The van der Waals surface area contributed by atoms with Crippen LogP contribution in [0.3, 0.4) is 0 Å². The number of hydrogen-bond donors (Lipinski definition) is 1. The zero-order valence-corrected chi connectivity index (χ0v) is 15.4. The molecule has 0 radical (unpaired) electrons. The molecular formula is C23H26NO2+. The van der Waals surface area contributed by atoms with E-state index in [0.717, 1.165) is 29.2 Å². The monoisotopic (exact) mass is 348 g/mol. The van der Waals surface area contributed by atoms with E-state index in [1.54, 1.807) is 7.11 Å². The van der Waals surface area contributed by atoms with Gasteiger partial charge in [-0.15, -0.1) is 0 Å². The van der Waals surface area contributed by atoms with Crippen molar-refractivity contribution >= 4 is 0 Å². The fourth-order valence-corrected chi connectivity index (χ4v) is 2.97. The van der Waals surface area contributed by atoms with Gasteiger partial charge in [0.05, 0.1) is 12.7 Å². The molecule has 0 saturated carbocycles. The molecule has 3 nitrogen and oxygen atoms in total. The Morgan fingerprint density at radius 1 is 0.846 bits per heavy atom. The molecule has 0 spiro atoms. The number of benzene rings is 3. The van der Waals surface area contributed by atoms with Gasteiger partial charge in [0.25, 0.3) is 0 Å². The number of quaternary nitrogens is 1. The van der Waals surface area contributed by atoms with E-state index in [9.17, 15) is 0 Å². The summed E-state index contributed by atoms with van der Waals surface area (Å²) in [6.07, 6.45) is 0. The van der Waals surface area contributed by atoms with Gasteiger partial charge in [0, 0.05) is 5.56 Å². The highest BCUT2D eigenvalue weighted by Gasteiger charge is 2.14. The molecule has 26 heavy (non-hydrogen) atoms. The standard InChI is InChI=1S/C23H25NO2/c1-18(20-12-7-4-8-13-20)24-16-21-14-9-15-22(25-2)23(21)26-17-19-10-5-3-6-11-19/h3-15,18,24H,16-17H2,1-2H3/p+1/t18-/m0/s1. The van der Waals surface area contributed by atoms with Crippen molar-refractivity contribution in [1.29, 1.82) is 0 Å². The van der Waals surface area contributed by atoms with E-state index >= 15 is 0 Å². The van der Waals surface area contributed by atoms with Crippen LogP contribution in [0.15, 0.2) is 78.9 Å². The second-order valence-corrected chi connectivity index (χ2v) is 6.36. The van der Waals surface area contributed by atoms with Crippen LogP contribution in [0.25, 0.3) is 0 Å². The van der Waals surface area contributed by atoms with E-state index in [1.807, 2.05) is 36.4 Å². The maximum atomic E-state index is 6.14. The molecule has 0 heterocycles. The van der Waals surface area contributed by atoms with Gasteiger partial charge in [-0.05, 0) is 24.6 Å². The molecule has 3 rings (SSSR count). The normalized spacial score (nSPS) is 11.8. The first-order valence-corrected chi connectivity index (χ1v) is 8.99. The molecule has 1 atom stereocenters. The molecule has 0 aromatic heterocycles. The lowest BCUT2D eigenvalue weighted by molar-refractivity contribution is -0.708. The Morgan fingerprint density at radius 2 is 1.54 bits per heavy atom. The summed E-state index contributed by atoms with van der Waals surface area (Å²) in [5.41, 5.74) is 3.61. The molecule has 0 amide bonds. The molecular weight excluding hydrogens is 322 g/mol. The molecule has 0 saturated heterocycles. The summed E-state index contributed by atoms with van der Waals surface area (Å²) in [7, 11) is 1.69. The van der Waals surface area contributed by atoms with Gasteiger partial charge >= 0.3 is 0 Å². The summed E-state index contributed by atoms with van der Waals surface area (Å²) in [6.45, 7) is 3.58. The maximum absolute atomic E-state index is 6.14. The van der Waals surface area contributed by atoms with Crippen LogP contribution < -0.4 is 14.8 Å². The first kappa shape index (κ1) is 18.0. The molecule has 0 aliphatic carbocycles. The van der Waals surface area contributed by atoms with Gasteiger partial charge in [-0.1, -0.05) is 66.7 Å². The molecule has 0 bridgehead atoms. The van der Waals surface area contributed by atoms with Gasteiger partial charge < -0.3 is 14.8 Å². The number of hydrogen-bond acceptors (Lipinski definition) is 2. The third kappa shape index (κ3) is 4.64. The Hall–Kier alpha value is -2.78. The molecule has 3 aromatic carbocycles. The van der Waals surface area contributed by atoms with Crippen LogP contribution in [-0.2, 0) is 13.2 Å². The predicted molar refractivity (Wildman–Crippen MR) is 104 cm³/mol. The van der Waals surface area contributed by atoms with Crippen LogP contribution in [0.4, 0.5) is 0 Å². The first-order valence-electron chi connectivity index (χ1n) is 8.99. The minimum atomic E-state index is 0.379. The Morgan fingerprint density at radius 3 is 2.23 bits per heavy atom. The number of ether oxygens (including phenoxy) is 2. The first-order chi connectivity index (χ1) is 12.8. The summed E-state index contributed by atoms with van der Waals surface area (Å²) >= 11 is 0. The fraction of sp³-hybridized carbons (Fsp3) is 0.217. The molecule has 2 N–H and O–H groups in total. The Kier molecular flexibility index (Phi) is 6.29. The van der Waals surface area contributed by atoms with Crippen molar-refractivity contribution in [1.82, 2.24) is 0 Å². The SMILES string of the molecule is COc1cccc(C[NH2+][C@@H](C)c2ccccc2)c1OCc1ccccc1. The van der Waals surface area contributed by atoms with Crippen molar-refractivity contribution in [2.24, 2.45) is 0 Å². The number of methoxy groups -OCH3 is 1. The largest absolute Gasteiger partial charge is 0.493 e. The van der Waals surface area contributed by atoms with Crippen molar-refractivity contribution in [3.8, 4) is 11.5 Å². The smallest absolute Gasteiger partial charge is 0.170 e. The Balaban J connectivity index is 1.72. The minimum absolute atomic E-state index is 0.379. The molecule has 134 valence electrons. The summed E-state index contributed by atoms with van der Waals surface area (Å²) < 4.78 is 11.7. The molecule has 0 aliphatic heterocycles. The summed E-state index contributed by atoms with van der Waals surface area (Å²) in [4.78, 5) is 0. The minimum Gasteiger partial charge on any atom is -0.493 e. The van der Waals surface area contributed by atoms with E-state index in [2.05, 4.69) is 54.7 Å². The van der Waals surface area contributed by atoms with Crippen LogP contribution in [0.1, 0.15) is 29.7 Å².